The van der Waals surface area contributed by atoms with Crippen LogP contribution in [-0.2, 0) is 22.5 Å². The van der Waals surface area contributed by atoms with E-state index < -0.39 is 0 Å². The van der Waals surface area contributed by atoms with Crippen LogP contribution >= 0.6 is 11.3 Å². The lowest BCUT2D eigenvalue weighted by Gasteiger charge is -2.10. The first-order valence-electron chi connectivity index (χ1n) is 5.64. The SMILES string of the molecule is COC(=O)Cc1ccc(CNC(C)CCO)s1. The van der Waals surface area contributed by atoms with Gasteiger partial charge in [0.2, 0.25) is 0 Å². The Hall–Kier alpha value is -0.910. The molecule has 1 unspecified atom stereocenters. The van der Waals surface area contributed by atoms with Gasteiger partial charge in [0.05, 0.1) is 13.5 Å². The van der Waals surface area contributed by atoms with Gasteiger partial charge in [-0.15, -0.1) is 11.3 Å². The largest absolute Gasteiger partial charge is 0.469 e. The van der Waals surface area contributed by atoms with Gasteiger partial charge >= 0.3 is 5.97 Å². The third-order valence-corrected chi connectivity index (χ3v) is 3.54. The van der Waals surface area contributed by atoms with Crippen LogP contribution in [0.3, 0.4) is 0 Å². The van der Waals surface area contributed by atoms with E-state index in [0.29, 0.717) is 12.5 Å². The summed E-state index contributed by atoms with van der Waals surface area (Å²) in [5.41, 5.74) is 0. The summed E-state index contributed by atoms with van der Waals surface area (Å²) < 4.78 is 4.62. The number of nitrogens with one attached hydrogen (secondary N) is 1. The molecule has 0 aliphatic rings. The summed E-state index contributed by atoms with van der Waals surface area (Å²) >= 11 is 1.61. The summed E-state index contributed by atoms with van der Waals surface area (Å²) in [4.78, 5) is 13.3. The van der Waals surface area contributed by atoms with Gasteiger partial charge in [0, 0.05) is 28.9 Å². The predicted molar refractivity (Wildman–Crippen MR) is 68.0 cm³/mol. The quantitative estimate of drug-likeness (QED) is 0.723. The molecule has 1 aromatic heterocycles. The van der Waals surface area contributed by atoms with Gasteiger partial charge in [-0.2, -0.15) is 0 Å². The molecule has 1 aromatic rings. The zero-order chi connectivity index (χ0) is 12.7. The van der Waals surface area contributed by atoms with Gasteiger partial charge in [-0.05, 0) is 25.5 Å². The van der Waals surface area contributed by atoms with Crippen molar-refractivity contribution in [3.63, 3.8) is 0 Å². The topological polar surface area (TPSA) is 58.6 Å². The molecule has 0 aromatic carbocycles. The number of carbonyl (C=O) groups excluding carboxylic acids is 1. The third kappa shape index (κ3) is 5.30. The van der Waals surface area contributed by atoms with Crippen LogP contribution < -0.4 is 5.32 Å². The first-order valence-corrected chi connectivity index (χ1v) is 6.46. The van der Waals surface area contributed by atoms with E-state index in [9.17, 15) is 4.79 Å². The first-order chi connectivity index (χ1) is 8.15. The molecule has 0 saturated carbocycles. The molecule has 0 fully saturated rings. The van der Waals surface area contributed by atoms with Crippen molar-refractivity contribution in [3.8, 4) is 0 Å². The molecular weight excluding hydrogens is 238 g/mol. The maximum atomic E-state index is 11.1. The molecule has 1 heterocycles. The van der Waals surface area contributed by atoms with E-state index in [-0.39, 0.29) is 12.6 Å². The van der Waals surface area contributed by atoms with Gasteiger partial charge in [-0.3, -0.25) is 4.79 Å². The molecule has 17 heavy (non-hydrogen) atoms. The highest BCUT2D eigenvalue weighted by molar-refractivity contribution is 7.12. The molecule has 1 rings (SSSR count). The molecule has 0 aliphatic heterocycles. The molecule has 4 nitrogen and oxygen atoms in total. The number of esters is 1. The molecule has 96 valence electrons. The van der Waals surface area contributed by atoms with Crippen molar-refractivity contribution < 1.29 is 14.6 Å². The zero-order valence-corrected chi connectivity index (χ0v) is 11.0. The number of rotatable bonds is 7. The minimum atomic E-state index is -0.208. The van der Waals surface area contributed by atoms with Crippen LogP contribution in [0.25, 0.3) is 0 Å². The smallest absolute Gasteiger partial charge is 0.310 e. The zero-order valence-electron chi connectivity index (χ0n) is 10.2. The number of aliphatic hydroxyl groups excluding tert-OH is 1. The van der Waals surface area contributed by atoms with Crippen molar-refractivity contribution in [3.05, 3.63) is 21.9 Å². The molecular formula is C12H19NO3S. The highest BCUT2D eigenvalue weighted by Crippen LogP contribution is 2.17. The maximum Gasteiger partial charge on any atom is 0.310 e. The van der Waals surface area contributed by atoms with Crippen molar-refractivity contribution in [1.29, 1.82) is 0 Å². The van der Waals surface area contributed by atoms with Crippen LogP contribution in [0.15, 0.2) is 12.1 Å². The summed E-state index contributed by atoms with van der Waals surface area (Å²) in [6, 6.07) is 4.27. The Balaban J connectivity index is 2.37. The summed E-state index contributed by atoms with van der Waals surface area (Å²) in [5, 5.41) is 12.1. The summed E-state index contributed by atoms with van der Waals surface area (Å²) in [6.45, 7) is 3.01. The van der Waals surface area contributed by atoms with Gasteiger partial charge < -0.3 is 15.2 Å². The number of thiophene rings is 1. The summed E-state index contributed by atoms with van der Waals surface area (Å²) in [6.07, 6.45) is 1.09. The molecule has 0 aliphatic carbocycles. The second kappa shape index (κ2) is 7.42. The van der Waals surface area contributed by atoms with Gasteiger partial charge in [0.15, 0.2) is 0 Å². The van der Waals surface area contributed by atoms with E-state index in [2.05, 4.69) is 10.1 Å². The fourth-order valence-electron chi connectivity index (χ4n) is 1.40. The number of carbonyl (C=O) groups is 1. The average molecular weight is 257 g/mol. The Morgan fingerprint density at radius 2 is 2.24 bits per heavy atom. The molecule has 2 N–H and O–H groups in total. The Labute approximate surface area is 106 Å². The van der Waals surface area contributed by atoms with Crippen molar-refractivity contribution in [1.82, 2.24) is 5.32 Å². The van der Waals surface area contributed by atoms with E-state index in [1.54, 1.807) is 11.3 Å². The van der Waals surface area contributed by atoms with Crippen LogP contribution in [0.4, 0.5) is 0 Å². The van der Waals surface area contributed by atoms with Crippen molar-refractivity contribution in [2.24, 2.45) is 0 Å². The van der Waals surface area contributed by atoms with E-state index in [1.165, 1.54) is 12.0 Å². The van der Waals surface area contributed by atoms with Gasteiger partial charge in [0.1, 0.15) is 0 Å². The molecule has 1 atom stereocenters. The second-order valence-corrected chi connectivity index (χ2v) is 5.17. The highest BCUT2D eigenvalue weighted by atomic mass is 32.1. The lowest BCUT2D eigenvalue weighted by molar-refractivity contribution is -0.139. The van der Waals surface area contributed by atoms with E-state index in [0.717, 1.165) is 17.8 Å². The van der Waals surface area contributed by atoms with Gasteiger partial charge in [-0.1, -0.05) is 0 Å². The van der Waals surface area contributed by atoms with Crippen LogP contribution in [0, 0.1) is 0 Å². The molecule has 0 saturated heterocycles. The molecule has 5 heteroatoms. The van der Waals surface area contributed by atoms with Crippen LogP contribution in [0.2, 0.25) is 0 Å². The average Bonchev–Trinajstić information content (AvgIpc) is 2.74. The van der Waals surface area contributed by atoms with Crippen LogP contribution in [0.1, 0.15) is 23.1 Å². The van der Waals surface area contributed by atoms with Crippen molar-refractivity contribution >= 4 is 17.3 Å². The van der Waals surface area contributed by atoms with Gasteiger partial charge in [-0.25, -0.2) is 0 Å². The van der Waals surface area contributed by atoms with Crippen LogP contribution in [-0.4, -0.2) is 30.8 Å². The lowest BCUT2D eigenvalue weighted by atomic mass is 10.2. The third-order valence-electron chi connectivity index (χ3n) is 2.45. The molecule has 0 spiro atoms. The van der Waals surface area contributed by atoms with E-state index in [4.69, 9.17) is 5.11 Å². The number of hydrogen-bond donors (Lipinski definition) is 2. The minimum absolute atomic E-state index is 0.201. The predicted octanol–water partition coefficient (Wildman–Crippen LogP) is 1.32. The Kier molecular flexibility index (Phi) is 6.18. The Bertz CT molecular complexity index is 351. The summed E-state index contributed by atoms with van der Waals surface area (Å²) in [5.74, 6) is -0.208. The van der Waals surface area contributed by atoms with Crippen LogP contribution in [0.5, 0.6) is 0 Å². The molecule has 0 bridgehead atoms. The Morgan fingerprint density at radius 3 is 2.88 bits per heavy atom. The summed E-state index contributed by atoms with van der Waals surface area (Å²) in [7, 11) is 1.40. The van der Waals surface area contributed by atoms with Crippen molar-refractivity contribution in [2.75, 3.05) is 13.7 Å². The fraction of sp³-hybridized carbons (Fsp3) is 0.583. The van der Waals surface area contributed by atoms with E-state index in [1.807, 2.05) is 19.1 Å². The second-order valence-electron chi connectivity index (χ2n) is 3.92. The lowest BCUT2D eigenvalue weighted by Crippen LogP contribution is -2.25. The number of ether oxygens (including phenoxy) is 1. The van der Waals surface area contributed by atoms with E-state index >= 15 is 0 Å². The first kappa shape index (κ1) is 14.2. The molecule has 0 radical (unpaired) electrons. The normalized spacial score (nSPS) is 12.4. The molecule has 0 amide bonds. The number of aliphatic hydroxyl groups is 1. The van der Waals surface area contributed by atoms with Gasteiger partial charge in [0.25, 0.3) is 0 Å². The standard InChI is InChI=1S/C12H19NO3S/c1-9(5-6-14)13-8-11-4-3-10(17-11)7-12(15)16-2/h3-4,9,13-14H,5-8H2,1-2H3. The monoisotopic (exact) mass is 257 g/mol. The fourth-order valence-corrected chi connectivity index (χ4v) is 2.35. The number of hydrogen-bond acceptors (Lipinski definition) is 5. The minimum Gasteiger partial charge on any atom is -0.469 e. The van der Waals surface area contributed by atoms with Crippen molar-refractivity contribution in [2.45, 2.75) is 32.4 Å². The Morgan fingerprint density at radius 1 is 1.53 bits per heavy atom. The highest BCUT2D eigenvalue weighted by Gasteiger charge is 2.07. The maximum absolute atomic E-state index is 11.1. The number of methoxy groups -OCH3 is 1.